The Hall–Kier alpha value is -0.940. The van der Waals surface area contributed by atoms with Crippen LogP contribution in [-0.2, 0) is 6.42 Å². The lowest BCUT2D eigenvalue weighted by molar-refractivity contribution is 0.524. The first kappa shape index (κ1) is 15.4. The summed E-state index contributed by atoms with van der Waals surface area (Å²) in [7, 11) is 0. The van der Waals surface area contributed by atoms with Crippen LogP contribution in [-0.4, -0.2) is 6.54 Å². The maximum Gasteiger partial charge on any atom is 0.123 e. The van der Waals surface area contributed by atoms with E-state index in [0.29, 0.717) is 0 Å². The smallest absolute Gasteiger partial charge is 0.123 e. The van der Waals surface area contributed by atoms with Crippen LogP contribution in [0.3, 0.4) is 0 Å². The average molecular weight is 383 g/mol. The number of hydrogen-bond acceptors (Lipinski definition) is 1. The molecule has 20 heavy (non-hydrogen) atoms. The Bertz CT molecular complexity index is 539. The summed E-state index contributed by atoms with van der Waals surface area (Å²) in [6.45, 7) is 3.08. The highest BCUT2D eigenvalue weighted by Gasteiger charge is 2.12. The lowest BCUT2D eigenvalue weighted by Gasteiger charge is -2.19. The molecule has 1 nitrogen and oxygen atoms in total. The maximum absolute atomic E-state index is 13.4. The zero-order chi connectivity index (χ0) is 14.4. The van der Waals surface area contributed by atoms with Gasteiger partial charge in [-0.3, -0.25) is 0 Å². The highest BCUT2D eigenvalue weighted by molar-refractivity contribution is 14.1. The zero-order valence-corrected chi connectivity index (χ0v) is 13.7. The van der Waals surface area contributed by atoms with Crippen molar-refractivity contribution in [3.63, 3.8) is 0 Å². The van der Waals surface area contributed by atoms with E-state index in [9.17, 15) is 4.39 Å². The van der Waals surface area contributed by atoms with Gasteiger partial charge in [-0.25, -0.2) is 4.39 Å². The maximum atomic E-state index is 13.4. The van der Waals surface area contributed by atoms with E-state index in [2.05, 4.69) is 59.1 Å². The SMILES string of the molecule is CCCNC(Cc1ccc(I)cc1)c1cccc(F)c1. The van der Waals surface area contributed by atoms with E-state index < -0.39 is 0 Å². The summed E-state index contributed by atoms with van der Waals surface area (Å²) in [6.07, 6.45) is 1.94. The Morgan fingerprint density at radius 1 is 1.15 bits per heavy atom. The van der Waals surface area contributed by atoms with Gasteiger partial charge in [-0.15, -0.1) is 0 Å². The molecule has 1 atom stereocenters. The minimum absolute atomic E-state index is 0.158. The molecule has 0 heterocycles. The Labute approximate surface area is 133 Å². The van der Waals surface area contributed by atoms with Crippen molar-refractivity contribution in [1.82, 2.24) is 5.32 Å². The van der Waals surface area contributed by atoms with Gasteiger partial charge in [0.25, 0.3) is 0 Å². The van der Waals surface area contributed by atoms with Gasteiger partial charge in [-0.1, -0.05) is 31.2 Å². The molecule has 0 aliphatic carbocycles. The fraction of sp³-hybridized carbons (Fsp3) is 0.294. The Morgan fingerprint density at radius 3 is 2.55 bits per heavy atom. The van der Waals surface area contributed by atoms with Crippen molar-refractivity contribution in [2.75, 3.05) is 6.54 Å². The van der Waals surface area contributed by atoms with Gasteiger partial charge < -0.3 is 5.32 Å². The molecule has 2 aromatic rings. The van der Waals surface area contributed by atoms with Gasteiger partial charge in [-0.2, -0.15) is 0 Å². The first-order valence-electron chi connectivity index (χ1n) is 6.92. The first-order valence-corrected chi connectivity index (χ1v) is 8.00. The van der Waals surface area contributed by atoms with Gasteiger partial charge in [0, 0.05) is 9.61 Å². The number of halogens is 2. The highest BCUT2D eigenvalue weighted by Crippen LogP contribution is 2.20. The van der Waals surface area contributed by atoms with Crippen LogP contribution in [0, 0.1) is 9.39 Å². The van der Waals surface area contributed by atoms with Crippen molar-refractivity contribution >= 4 is 22.6 Å². The molecular weight excluding hydrogens is 364 g/mol. The summed E-state index contributed by atoms with van der Waals surface area (Å²) in [5.41, 5.74) is 2.28. The van der Waals surface area contributed by atoms with Crippen LogP contribution in [0.5, 0.6) is 0 Å². The standard InChI is InChI=1S/C17H19FIN/c1-2-10-20-17(14-4-3-5-15(18)12-14)11-13-6-8-16(19)9-7-13/h3-9,12,17,20H,2,10-11H2,1H3. The van der Waals surface area contributed by atoms with Gasteiger partial charge >= 0.3 is 0 Å². The van der Waals surface area contributed by atoms with E-state index in [-0.39, 0.29) is 11.9 Å². The molecule has 0 amide bonds. The number of nitrogens with one attached hydrogen (secondary N) is 1. The fourth-order valence-corrected chi connectivity index (χ4v) is 2.57. The lowest BCUT2D eigenvalue weighted by atomic mass is 9.98. The summed E-state index contributed by atoms with van der Waals surface area (Å²) in [6, 6.07) is 15.5. The third kappa shape index (κ3) is 4.56. The molecule has 0 aromatic heterocycles. The van der Waals surface area contributed by atoms with Crippen molar-refractivity contribution < 1.29 is 4.39 Å². The van der Waals surface area contributed by atoms with Crippen molar-refractivity contribution in [2.45, 2.75) is 25.8 Å². The third-order valence-electron chi connectivity index (χ3n) is 3.24. The predicted octanol–water partition coefficient (Wildman–Crippen LogP) is 4.71. The number of rotatable bonds is 6. The molecular formula is C17H19FIN. The molecule has 0 aliphatic heterocycles. The Balaban J connectivity index is 2.16. The summed E-state index contributed by atoms with van der Waals surface area (Å²) >= 11 is 2.30. The van der Waals surface area contributed by atoms with Gasteiger partial charge in [0.05, 0.1) is 0 Å². The minimum Gasteiger partial charge on any atom is -0.310 e. The lowest BCUT2D eigenvalue weighted by Crippen LogP contribution is -2.24. The van der Waals surface area contributed by atoms with Crippen LogP contribution in [0.25, 0.3) is 0 Å². The predicted molar refractivity (Wildman–Crippen MR) is 90.3 cm³/mol. The van der Waals surface area contributed by atoms with Crippen molar-refractivity contribution in [3.8, 4) is 0 Å². The topological polar surface area (TPSA) is 12.0 Å². The normalized spacial score (nSPS) is 12.3. The molecule has 0 radical (unpaired) electrons. The van der Waals surface area contributed by atoms with Crippen LogP contribution in [0.15, 0.2) is 48.5 Å². The molecule has 3 heteroatoms. The molecule has 1 N–H and O–H groups in total. The number of benzene rings is 2. The average Bonchev–Trinajstić information content (AvgIpc) is 2.45. The van der Waals surface area contributed by atoms with Gasteiger partial charge in [0.15, 0.2) is 0 Å². The van der Waals surface area contributed by atoms with E-state index in [1.807, 2.05) is 6.07 Å². The van der Waals surface area contributed by atoms with Gasteiger partial charge in [0.1, 0.15) is 5.82 Å². The summed E-state index contributed by atoms with van der Waals surface area (Å²) < 4.78 is 14.6. The molecule has 0 bridgehead atoms. The minimum atomic E-state index is -0.173. The van der Waals surface area contributed by atoms with Gasteiger partial charge in [0.2, 0.25) is 0 Å². The zero-order valence-electron chi connectivity index (χ0n) is 11.6. The molecule has 106 valence electrons. The van der Waals surface area contributed by atoms with Gasteiger partial charge in [-0.05, 0) is 77.4 Å². The molecule has 2 rings (SSSR count). The Morgan fingerprint density at radius 2 is 1.90 bits per heavy atom. The summed E-state index contributed by atoms with van der Waals surface area (Å²) in [4.78, 5) is 0. The summed E-state index contributed by atoms with van der Waals surface area (Å²) in [5.74, 6) is -0.173. The largest absolute Gasteiger partial charge is 0.310 e. The highest BCUT2D eigenvalue weighted by atomic mass is 127. The second-order valence-electron chi connectivity index (χ2n) is 4.89. The molecule has 0 saturated carbocycles. The van der Waals surface area contributed by atoms with E-state index in [4.69, 9.17) is 0 Å². The second kappa shape index (κ2) is 7.74. The van der Waals surface area contributed by atoms with Crippen LogP contribution < -0.4 is 5.32 Å². The van der Waals surface area contributed by atoms with E-state index in [1.54, 1.807) is 12.1 Å². The summed E-state index contributed by atoms with van der Waals surface area (Å²) in [5, 5.41) is 3.51. The quantitative estimate of drug-likeness (QED) is 0.713. The van der Waals surface area contributed by atoms with E-state index in [0.717, 1.165) is 24.9 Å². The van der Waals surface area contributed by atoms with Crippen LogP contribution in [0.1, 0.15) is 30.5 Å². The molecule has 1 unspecified atom stereocenters. The monoisotopic (exact) mass is 383 g/mol. The number of hydrogen-bond donors (Lipinski definition) is 1. The van der Waals surface area contributed by atoms with Crippen LogP contribution in [0.2, 0.25) is 0 Å². The molecule has 0 fully saturated rings. The first-order chi connectivity index (χ1) is 9.69. The van der Waals surface area contributed by atoms with E-state index in [1.165, 1.54) is 15.2 Å². The molecule has 0 aliphatic rings. The van der Waals surface area contributed by atoms with Crippen LogP contribution >= 0.6 is 22.6 Å². The third-order valence-corrected chi connectivity index (χ3v) is 3.96. The molecule has 0 saturated heterocycles. The van der Waals surface area contributed by atoms with Crippen molar-refractivity contribution in [2.24, 2.45) is 0 Å². The Kier molecular flexibility index (Phi) is 5.98. The van der Waals surface area contributed by atoms with Crippen LogP contribution in [0.4, 0.5) is 4.39 Å². The molecule has 2 aromatic carbocycles. The fourth-order valence-electron chi connectivity index (χ4n) is 2.21. The van der Waals surface area contributed by atoms with E-state index >= 15 is 0 Å². The van der Waals surface area contributed by atoms with Crippen molar-refractivity contribution in [1.29, 1.82) is 0 Å². The molecule has 0 spiro atoms. The van der Waals surface area contributed by atoms with Crippen molar-refractivity contribution in [3.05, 3.63) is 69.0 Å². The second-order valence-corrected chi connectivity index (χ2v) is 6.14.